The lowest BCUT2D eigenvalue weighted by molar-refractivity contribution is 0.00392. The summed E-state index contributed by atoms with van der Waals surface area (Å²) in [6.45, 7) is 3.71. The summed E-state index contributed by atoms with van der Waals surface area (Å²) < 4.78 is 5.34. The van der Waals surface area contributed by atoms with Crippen molar-refractivity contribution in [3.05, 3.63) is 17.1 Å². The van der Waals surface area contributed by atoms with Crippen molar-refractivity contribution in [3.63, 3.8) is 0 Å². The summed E-state index contributed by atoms with van der Waals surface area (Å²) in [7, 11) is 0. The number of nitrogens with zero attached hydrogens (tertiary/aromatic N) is 3. The predicted molar refractivity (Wildman–Crippen MR) is 73.1 cm³/mol. The molecule has 7 heteroatoms. The number of hydrogen-bond donors (Lipinski definition) is 1. The van der Waals surface area contributed by atoms with E-state index in [-0.39, 0.29) is 11.9 Å². The molecule has 3 heterocycles. The Hall–Kier alpha value is -1.73. The van der Waals surface area contributed by atoms with Gasteiger partial charge in [0.2, 0.25) is 0 Å². The van der Waals surface area contributed by atoms with Crippen LogP contribution in [-0.4, -0.2) is 46.8 Å². The summed E-state index contributed by atoms with van der Waals surface area (Å²) in [4.78, 5) is 15.6. The molecule has 2 N–H and O–H groups in total. The summed E-state index contributed by atoms with van der Waals surface area (Å²) >= 11 is 1.30. The Kier molecular flexibility index (Phi) is 3.08. The monoisotopic (exact) mass is 278 g/mol. The van der Waals surface area contributed by atoms with Gasteiger partial charge < -0.3 is 15.4 Å². The summed E-state index contributed by atoms with van der Waals surface area (Å²) in [6, 6.07) is 1.85. The summed E-state index contributed by atoms with van der Waals surface area (Å²) in [5.74, 6) is -0.0451. The quantitative estimate of drug-likeness (QED) is 0.845. The highest BCUT2D eigenvalue weighted by Gasteiger charge is 2.28. The number of aromatic nitrogens is 2. The lowest BCUT2D eigenvalue weighted by Gasteiger charge is -2.33. The molecule has 100 valence electrons. The molecule has 1 atom stereocenters. The number of carbonyl (C=O) groups is 1. The van der Waals surface area contributed by atoms with E-state index in [2.05, 4.69) is 10.2 Å². The van der Waals surface area contributed by atoms with Gasteiger partial charge in [-0.1, -0.05) is 0 Å². The second-order valence-corrected chi connectivity index (χ2v) is 5.52. The molecule has 0 bridgehead atoms. The van der Waals surface area contributed by atoms with Gasteiger partial charge in [0.15, 0.2) is 0 Å². The second-order valence-electron chi connectivity index (χ2n) is 4.52. The third-order valence-corrected chi connectivity index (χ3v) is 4.34. The number of morpholine rings is 1. The molecule has 19 heavy (non-hydrogen) atoms. The number of nitrogen functional groups attached to an aromatic ring is 1. The molecule has 0 spiro atoms. The summed E-state index contributed by atoms with van der Waals surface area (Å²) in [6.07, 6.45) is 1.58. The van der Waals surface area contributed by atoms with Crippen LogP contribution in [-0.2, 0) is 4.74 Å². The summed E-state index contributed by atoms with van der Waals surface area (Å²) in [5, 5.41) is 8.61. The molecule has 0 aromatic carbocycles. The molecule has 3 rings (SSSR count). The smallest absolute Gasteiger partial charge is 0.266 e. The van der Waals surface area contributed by atoms with Gasteiger partial charge >= 0.3 is 0 Å². The highest BCUT2D eigenvalue weighted by atomic mass is 32.1. The summed E-state index contributed by atoms with van der Waals surface area (Å²) in [5.41, 5.74) is 6.55. The molecule has 1 fully saturated rings. The van der Waals surface area contributed by atoms with Crippen LogP contribution in [0, 0.1) is 0 Å². The fourth-order valence-electron chi connectivity index (χ4n) is 2.19. The Labute approximate surface area is 114 Å². The number of nitrogens with two attached hydrogens (primary N) is 1. The van der Waals surface area contributed by atoms with E-state index in [4.69, 9.17) is 10.5 Å². The molecule has 1 amide bonds. The van der Waals surface area contributed by atoms with E-state index in [0.717, 1.165) is 5.39 Å². The van der Waals surface area contributed by atoms with Gasteiger partial charge in [0.05, 0.1) is 31.1 Å². The van der Waals surface area contributed by atoms with Crippen molar-refractivity contribution in [3.8, 4) is 0 Å². The van der Waals surface area contributed by atoms with E-state index in [9.17, 15) is 4.79 Å². The molecule has 1 unspecified atom stereocenters. The Balaban J connectivity index is 1.99. The van der Waals surface area contributed by atoms with Gasteiger partial charge in [-0.25, -0.2) is 0 Å². The second kappa shape index (κ2) is 4.75. The van der Waals surface area contributed by atoms with Crippen LogP contribution in [0.3, 0.4) is 0 Å². The topological polar surface area (TPSA) is 81.3 Å². The van der Waals surface area contributed by atoms with Gasteiger partial charge in [0.25, 0.3) is 5.91 Å². The van der Waals surface area contributed by atoms with E-state index < -0.39 is 0 Å². The van der Waals surface area contributed by atoms with E-state index in [1.165, 1.54) is 11.3 Å². The van der Waals surface area contributed by atoms with Crippen LogP contribution < -0.4 is 5.73 Å². The highest BCUT2D eigenvalue weighted by Crippen LogP contribution is 2.33. The van der Waals surface area contributed by atoms with Crippen LogP contribution >= 0.6 is 11.3 Å². The maximum absolute atomic E-state index is 12.6. The van der Waals surface area contributed by atoms with E-state index in [1.54, 1.807) is 17.2 Å². The van der Waals surface area contributed by atoms with Gasteiger partial charge in [-0.05, 0) is 13.0 Å². The Morgan fingerprint density at radius 1 is 1.63 bits per heavy atom. The van der Waals surface area contributed by atoms with Gasteiger partial charge in [-0.3, -0.25) is 4.79 Å². The fraction of sp³-hybridized carbons (Fsp3) is 0.417. The lowest BCUT2D eigenvalue weighted by atomic mass is 10.2. The Morgan fingerprint density at radius 2 is 2.47 bits per heavy atom. The largest absolute Gasteiger partial charge is 0.397 e. The highest BCUT2D eigenvalue weighted by molar-refractivity contribution is 7.21. The van der Waals surface area contributed by atoms with Crippen LogP contribution in [0.15, 0.2) is 12.3 Å². The van der Waals surface area contributed by atoms with Crippen molar-refractivity contribution in [2.75, 3.05) is 25.5 Å². The number of ether oxygens (including phenoxy) is 1. The van der Waals surface area contributed by atoms with E-state index in [0.29, 0.717) is 35.2 Å². The van der Waals surface area contributed by atoms with Crippen molar-refractivity contribution >= 4 is 33.1 Å². The SMILES string of the molecule is CC1COCCN1C(=O)c1sc2nnccc2c1N. The molecular weight excluding hydrogens is 264 g/mol. The van der Waals surface area contributed by atoms with Gasteiger partial charge in [-0.15, -0.1) is 16.4 Å². The minimum absolute atomic E-state index is 0.0451. The minimum Gasteiger partial charge on any atom is -0.397 e. The molecule has 1 aliphatic rings. The molecule has 1 aliphatic heterocycles. The number of anilines is 1. The minimum atomic E-state index is -0.0451. The first-order chi connectivity index (χ1) is 9.18. The average molecular weight is 278 g/mol. The van der Waals surface area contributed by atoms with Crippen molar-refractivity contribution in [2.24, 2.45) is 0 Å². The van der Waals surface area contributed by atoms with Crippen molar-refractivity contribution in [1.82, 2.24) is 15.1 Å². The van der Waals surface area contributed by atoms with Crippen molar-refractivity contribution in [1.29, 1.82) is 0 Å². The molecule has 6 nitrogen and oxygen atoms in total. The molecule has 0 radical (unpaired) electrons. The molecule has 0 saturated carbocycles. The number of carbonyl (C=O) groups excluding carboxylic acids is 1. The van der Waals surface area contributed by atoms with Crippen LogP contribution in [0.4, 0.5) is 5.69 Å². The molecule has 2 aromatic rings. The zero-order valence-electron chi connectivity index (χ0n) is 10.5. The first-order valence-corrected chi connectivity index (χ1v) is 6.88. The number of amides is 1. The van der Waals surface area contributed by atoms with Crippen molar-refractivity contribution < 1.29 is 9.53 Å². The molecule has 1 saturated heterocycles. The fourth-order valence-corrected chi connectivity index (χ4v) is 3.19. The van der Waals surface area contributed by atoms with E-state index in [1.807, 2.05) is 6.92 Å². The first-order valence-electron chi connectivity index (χ1n) is 6.07. The number of rotatable bonds is 1. The Morgan fingerprint density at radius 3 is 3.21 bits per heavy atom. The third kappa shape index (κ3) is 2.04. The Bertz CT molecular complexity index is 627. The number of thiophene rings is 1. The van der Waals surface area contributed by atoms with Crippen molar-refractivity contribution in [2.45, 2.75) is 13.0 Å². The number of hydrogen-bond acceptors (Lipinski definition) is 6. The van der Waals surface area contributed by atoms with Gasteiger partial charge in [0.1, 0.15) is 9.71 Å². The van der Waals surface area contributed by atoms with Crippen LogP contribution in [0.25, 0.3) is 10.2 Å². The van der Waals surface area contributed by atoms with E-state index >= 15 is 0 Å². The standard InChI is InChI=1S/C12H14N4O2S/c1-7-6-18-5-4-16(7)12(17)10-9(13)8-2-3-14-15-11(8)19-10/h2-3,7H,4-6,13H2,1H3. The van der Waals surface area contributed by atoms with Crippen LogP contribution in [0.1, 0.15) is 16.6 Å². The average Bonchev–Trinajstić information content (AvgIpc) is 2.77. The van der Waals surface area contributed by atoms with Gasteiger partial charge in [-0.2, -0.15) is 5.10 Å². The molecule has 0 aliphatic carbocycles. The predicted octanol–water partition coefficient (Wildman–Crippen LogP) is 1.13. The molecule has 2 aromatic heterocycles. The van der Waals surface area contributed by atoms with Gasteiger partial charge in [0, 0.05) is 11.9 Å². The number of fused-ring (bicyclic) bond motifs is 1. The molecular formula is C12H14N4O2S. The zero-order valence-corrected chi connectivity index (χ0v) is 11.3. The maximum atomic E-state index is 12.6. The van der Waals surface area contributed by atoms with Crippen LogP contribution in [0.5, 0.6) is 0 Å². The lowest BCUT2D eigenvalue weighted by Crippen LogP contribution is -2.47. The van der Waals surface area contributed by atoms with Crippen LogP contribution in [0.2, 0.25) is 0 Å². The first kappa shape index (κ1) is 12.3. The zero-order chi connectivity index (χ0) is 13.4. The normalized spacial score (nSPS) is 19.8. The maximum Gasteiger partial charge on any atom is 0.266 e. The third-order valence-electron chi connectivity index (χ3n) is 3.24.